The standard InChI is InChI=1S/C28H33N3O4S/c1-21-13-16-24(17-14-21)36(33,34)30-19-9-8-12-25(30)22-15-18-26(29-20-22)31(23-10-6-5-7-11-23)27(32)35-28(2,3)4/h5-7,10-11,13-18,20,25H,8-9,12,19H2,1-4H3/t25-/m0/s1. The number of hydrogen-bond donors (Lipinski definition) is 0. The fourth-order valence-corrected chi connectivity index (χ4v) is 6.00. The maximum Gasteiger partial charge on any atom is 0.420 e. The molecule has 8 heteroatoms. The number of carbonyl (C=O) groups is 1. The molecule has 7 nitrogen and oxygen atoms in total. The number of amides is 1. The highest BCUT2D eigenvalue weighted by molar-refractivity contribution is 7.89. The topological polar surface area (TPSA) is 79.8 Å². The summed E-state index contributed by atoms with van der Waals surface area (Å²) in [6.45, 7) is 7.84. The van der Waals surface area contributed by atoms with Crippen LogP contribution in [0.25, 0.3) is 0 Å². The maximum atomic E-state index is 13.5. The molecular formula is C28H33N3O4S. The van der Waals surface area contributed by atoms with E-state index in [4.69, 9.17) is 4.74 Å². The molecule has 4 rings (SSSR count). The second-order valence-corrected chi connectivity index (χ2v) is 11.9. The summed E-state index contributed by atoms with van der Waals surface area (Å²) >= 11 is 0. The van der Waals surface area contributed by atoms with E-state index in [2.05, 4.69) is 4.98 Å². The van der Waals surface area contributed by atoms with Gasteiger partial charge in [-0.05, 0) is 76.4 Å². The van der Waals surface area contributed by atoms with Gasteiger partial charge in [0.15, 0.2) is 0 Å². The number of hydrogen-bond acceptors (Lipinski definition) is 5. The van der Waals surface area contributed by atoms with Gasteiger partial charge in [0, 0.05) is 12.7 Å². The second kappa shape index (κ2) is 10.4. The van der Waals surface area contributed by atoms with Crippen molar-refractivity contribution in [3.63, 3.8) is 0 Å². The zero-order valence-corrected chi connectivity index (χ0v) is 22.0. The Morgan fingerprint density at radius 1 is 1.00 bits per heavy atom. The number of nitrogens with zero attached hydrogens (tertiary/aromatic N) is 3. The number of anilines is 2. The van der Waals surface area contributed by atoms with Gasteiger partial charge in [0.25, 0.3) is 0 Å². The molecule has 1 fully saturated rings. The molecule has 2 heterocycles. The van der Waals surface area contributed by atoms with Crippen LogP contribution in [0, 0.1) is 6.92 Å². The van der Waals surface area contributed by atoms with Gasteiger partial charge in [-0.1, -0.05) is 48.4 Å². The molecule has 3 aromatic rings. The highest BCUT2D eigenvalue weighted by atomic mass is 32.2. The van der Waals surface area contributed by atoms with Crippen LogP contribution in [0.1, 0.15) is 57.2 Å². The summed E-state index contributed by atoms with van der Waals surface area (Å²) in [5.41, 5.74) is 1.77. The van der Waals surface area contributed by atoms with Crippen LogP contribution in [-0.4, -0.2) is 35.9 Å². The zero-order chi connectivity index (χ0) is 25.9. The Morgan fingerprint density at radius 2 is 1.69 bits per heavy atom. The predicted octanol–water partition coefficient (Wildman–Crippen LogP) is 6.38. The van der Waals surface area contributed by atoms with Gasteiger partial charge in [0.05, 0.1) is 16.6 Å². The van der Waals surface area contributed by atoms with Crippen LogP contribution in [0.4, 0.5) is 16.3 Å². The van der Waals surface area contributed by atoms with E-state index in [1.54, 1.807) is 28.7 Å². The van der Waals surface area contributed by atoms with E-state index >= 15 is 0 Å². The van der Waals surface area contributed by atoms with Crippen molar-refractivity contribution in [2.24, 2.45) is 0 Å². The summed E-state index contributed by atoms with van der Waals surface area (Å²) in [7, 11) is -3.66. The fraction of sp³-hybridized carbons (Fsp3) is 0.357. The highest BCUT2D eigenvalue weighted by Crippen LogP contribution is 2.36. The first-order valence-corrected chi connectivity index (χ1v) is 13.6. The number of rotatable bonds is 5. The lowest BCUT2D eigenvalue weighted by atomic mass is 9.99. The number of pyridine rings is 1. The minimum Gasteiger partial charge on any atom is -0.443 e. The highest BCUT2D eigenvalue weighted by Gasteiger charge is 2.35. The number of ether oxygens (including phenoxy) is 1. The second-order valence-electron chi connectivity index (χ2n) is 10.0. The molecule has 0 unspecified atom stereocenters. The number of carbonyl (C=O) groups excluding carboxylic acids is 1. The summed E-state index contributed by atoms with van der Waals surface area (Å²) in [5, 5.41) is 0. The predicted molar refractivity (Wildman–Crippen MR) is 141 cm³/mol. The number of aryl methyl sites for hydroxylation is 1. The van der Waals surface area contributed by atoms with Gasteiger partial charge in [-0.2, -0.15) is 4.31 Å². The first-order valence-electron chi connectivity index (χ1n) is 12.2. The summed E-state index contributed by atoms with van der Waals surface area (Å²) in [4.78, 5) is 19.4. The Balaban J connectivity index is 1.65. The molecule has 190 valence electrons. The lowest BCUT2D eigenvalue weighted by Crippen LogP contribution is -2.38. The molecule has 0 bridgehead atoms. The van der Waals surface area contributed by atoms with Gasteiger partial charge in [0.2, 0.25) is 10.0 Å². The van der Waals surface area contributed by atoms with Crippen LogP contribution in [-0.2, 0) is 14.8 Å². The molecule has 1 saturated heterocycles. The normalized spacial score (nSPS) is 16.9. The van der Waals surface area contributed by atoms with Gasteiger partial charge in [-0.3, -0.25) is 0 Å². The molecule has 1 amide bonds. The van der Waals surface area contributed by atoms with E-state index in [-0.39, 0.29) is 6.04 Å². The van der Waals surface area contributed by atoms with E-state index in [0.29, 0.717) is 29.4 Å². The average molecular weight is 508 g/mol. The molecule has 0 spiro atoms. The van der Waals surface area contributed by atoms with Crippen molar-refractivity contribution in [3.05, 3.63) is 84.1 Å². The smallest absolute Gasteiger partial charge is 0.420 e. The molecule has 0 N–H and O–H groups in total. The van der Waals surface area contributed by atoms with Crippen LogP contribution in [0.5, 0.6) is 0 Å². The summed E-state index contributed by atoms with van der Waals surface area (Å²) < 4.78 is 34.2. The SMILES string of the molecule is Cc1ccc(S(=O)(=O)N2CCCC[C@H]2c2ccc(N(C(=O)OC(C)(C)C)c3ccccc3)nc2)cc1. The van der Waals surface area contributed by atoms with Crippen LogP contribution in [0.2, 0.25) is 0 Å². The fourth-order valence-electron chi connectivity index (χ4n) is 4.31. The first-order chi connectivity index (χ1) is 17.1. The van der Waals surface area contributed by atoms with Crippen molar-refractivity contribution in [3.8, 4) is 0 Å². The quantitative estimate of drug-likeness (QED) is 0.400. The van der Waals surface area contributed by atoms with Gasteiger partial charge in [-0.15, -0.1) is 0 Å². The third-order valence-electron chi connectivity index (χ3n) is 6.06. The molecule has 1 aliphatic rings. The first kappa shape index (κ1) is 25.9. The van der Waals surface area contributed by atoms with Gasteiger partial charge in [-0.25, -0.2) is 23.1 Å². The molecule has 36 heavy (non-hydrogen) atoms. The lowest BCUT2D eigenvalue weighted by molar-refractivity contribution is 0.0598. The van der Waals surface area contributed by atoms with Crippen molar-refractivity contribution in [2.45, 2.75) is 63.5 Å². The van der Waals surface area contributed by atoms with Crippen molar-refractivity contribution < 1.29 is 17.9 Å². The van der Waals surface area contributed by atoms with Crippen LogP contribution in [0.15, 0.2) is 77.8 Å². The minimum absolute atomic E-state index is 0.296. The molecule has 1 aromatic heterocycles. The summed E-state index contributed by atoms with van der Waals surface area (Å²) in [6, 6.07) is 19.4. The zero-order valence-electron chi connectivity index (χ0n) is 21.2. The lowest BCUT2D eigenvalue weighted by Gasteiger charge is -2.35. The van der Waals surface area contributed by atoms with E-state index in [9.17, 15) is 13.2 Å². The largest absolute Gasteiger partial charge is 0.443 e. The van der Waals surface area contributed by atoms with Crippen molar-refractivity contribution >= 4 is 27.6 Å². The van der Waals surface area contributed by atoms with E-state index in [1.165, 1.54) is 4.90 Å². The van der Waals surface area contributed by atoms with Crippen LogP contribution in [0.3, 0.4) is 0 Å². The summed E-state index contributed by atoms with van der Waals surface area (Å²) in [6.07, 6.45) is 3.59. The Hall–Kier alpha value is -3.23. The van der Waals surface area contributed by atoms with Crippen LogP contribution >= 0.6 is 0 Å². The van der Waals surface area contributed by atoms with E-state index in [0.717, 1.165) is 24.0 Å². The van der Waals surface area contributed by atoms with Crippen LogP contribution < -0.4 is 4.90 Å². The van der Waals surface area contributed by atoms with Crippen molar-refractivity contribution in [1.29, 1.82) is 0 Å². The van der Waals surface area contributed by atoms with Crippen molar-refractivity contribution in [1.82, 2.24) is 9.29 Å². The number of aromatic nitrogens is 1. The third kappa shape index (κ3) is 5.77. The average Bonchev–Trinajstić information content (AvgIpc) is 2.84. The van der Waals surface area contributed by atoms with Crippen molar-refractivity contribution in [2.75, 3.05) is 11.4 Å². The van der Waals surface area contributed by atoms with Gasteiger partial charge < -0.3 is 4.74 Å². The Kier molecular flexibility index (Phi) is 7.47. The molecule has 0 radical (unpaired) electrons. The van der Waals surface area contributed by atoms with E-state index in [1.807, 2.05) is 76.2 Å². The minimum atomic E-state index is -3.66. The number of benzene rings is 2. The number of para-hydroxylation sites is 1. The summed E-state index contributed by atoms with van der Waals surface area (Å²) in [5.74, 6) is 0.406. The molecule has 1 atom stereocenters. The molecule has 0 saturated carbocycles. The van der Waals surface area contributed by atoms with Gasteiger partial charge in [0.1, 0.15) is 11.4 Å². The van der Waals surface area contributed by atoms with Gasteiger partial charge >= 0.3 is 6.09 Å². The number of piperidine rings is 1. The monoisotopic (exact) mass is 507 g/mol. The maximum absolute atomic E-state index is 13.5. The third-order valence-corrected chi connectivity index (χ3v) is 7.98. The molecule has 2 aromatic carbocycles. The molecule has 0 aliphatic carbocycles. The molecular weight excluding hydrogens is 474 g/mol. The van der Waals surface area contributed by atoms with E-state index < -0.39 is 21.7 Å². The Morgan fingerprint density at radius 3 is 2.31 bits per heavy atom. The number of sulfonamides is 1. The Bertz CT molecular complexity index is 1290. The molecule has 1 aliphatic heterocycles. The Labute approximate surface area is 213 Å².